The highest BCUT2D eigenvalue weighted by molar-refractivity contribution is 5.98. The van der Waals surface area contributed by atoms with Crippen LogP contribution in [0.3, 0.4) is 0 Å². The van der Waals surface area contributed by atoms with Crippen LogP contribution in [0.15, 0.2) is 42.6 Å². The van der Waals surface area contributed by atoms with Gasteiger partial charge in [-0.05, 0) is 44.1 Å². The van der Waals surface area contributed by atoms with Crippen molar-refractivity contribution in [2.75, 3.05) is 57.9 Å². The van der Waals surface area contributed by atoms with E-state index >= 15 is 0 Å². The summed E-state index contributed by atoms with van der Waals surface area (Å²) in [7, 11) is 1.70. The molecule has 1 amide bonds. The van der Waals surface area contributed by atoms with Crippen LogP contribution in [0.4, 0.5) is 5.82 Å². The lowest BCUT2D eigenvalue weighted by Crippen LogP contribution is -2.42. The van der Waals surface area contributed by atoms with Crippen molar-refractivity contribution in [2.45, 2.75) is 25.3 Å². The van der Waals surface area contributed by atoms with E-state index in [-0.39, 0.29) is 11.9 Å². The first-order valence-electron chi connectivity index (χ1n) is 11.2. The van der Waals surface area contributed by atoms with Crippen LogP contribution in [-0.4, -0.2) is 68.8 Å². The van der Waals surface area contributed by atoms with Gasteiger partial charge in [0.15, 0.2) is 0 Å². The Morgan fingerprint density at radius 2 is 1.87 bits per heavy atom. The van der Waals surface area contributed by atoms with E-state index < -0.39 is 0 Å². The highest BCUT2D eigenvalue weighted by Crippen LogP contribution is 2.31. The number of piperidine rings is 1. The van der Waals surface area contributed by atoms with Crippen LogP contribution < -0.4 is 15.0 Å². The molecule has 2 saturated heterocycles. The van der Waals surface area contributed by atoms with Crippen molar-refractivity contribution in [3.05, 3.63) is 53.7 Å². The van der Waals surface area contributed by atoms with Gasteiger partial charge in [0, 0.05) is 31.4 Å². The van der Waals surface area contributed by atoms with E-state index in [1.165, 1.54) is 19.3 Å². The zero-order valence-corrected chi connectivity index (χ0v) is 18.3. The SMILES string of the molecule is COc1ccccc1C(CNC(=O)c1cccnc1N1CCOCC1)N1CCCCC1. The Balaban J connectivity index is 1.53. The second-order valence-electron chi connectivity index (χ2n) is 8.04. The fraction of sp³-hybridized carbons (Fsp3) is 0.500. The Hall–Kier alpha value is -2.64. The van der Waals surface area contributed by atoms with Gasteiger partial charge in [-0.3, -0.25) is 9.69 Å². The van der Waals surface area contributed by atoms with Crippen LogP contribution in [-0.2, 0) is 4.74 Å². The average Bonchev–Trinajstić information content (AvgIpc) is 2.85. The summed E-state index contributed by atoms with van der Waals surface area (Å²) < 4.78 is 11.1. The summed E-state index contributed by atoms with van der Waals surface area (Å²) in [5.41, 5.74) is 1.73. The molecular formula is C24H32N4O3. The predicted molar refractivity (Wildman–Crippen MR) is 121 cm³/mol. The molecule has 1 N–H and O–H groups in total. The van der Waals surface area contributed by atoms with Gasteiger partial charge in [0.25, 0.3) is 5.91 Å². The number of aromatic nitrogens is 1. The predicted octanol–water partition coefficient (Wildman–Crippen LogP) is 2.88. The van der Waals surface area contributed by atoms with Gasteiger partial charge in [-0.15, -0.1) is 0 Å². The molecule has 7 heteroatoms. The summed E-state index contributed by atoms with van der Waals surface area (Å²) in [5, 5.41) is 3.19. The lowest BCUT2D eigenvalue weighted by atomic mass is 10.0. The molecule has 0 spiro atoms. The number of pyridine rings is 1. The summed E-state index contributed by atoms with van der Waals surface area (Å²) >= 11 is 0. The number of methoxy groups -OCH3 is 1. The second kappa shape index (κ2) is 10.6. The Bertz CT molecular complexity index is 863. The third-order valence-corrected chi connectivity index (χ3v) is 6.13. The normalized spacial score (nSPS) is 18.4. The van der Waals surface area contributed by atoms with Crippen molar-refractivity contribution in [1.29, 1.82) is 0 Å². The molecule has 166 valence electrons. The highest BCUT2D eigenvalue weighted by atomic mass is 16.5. The van der Waals surface area contributed by atoms with Gasteiger partial charge in [-0.25, -0.2) is 4.98 Å². The molecule has 1 unspecified atom stereocenters. The summed E-state index contributed by atoms with van der Waals surface area (Å²) in [5.74, 6) is 1.50. The number of hydrogen-bond donors (Lipinski definition) is 1. The molecular weight excluding hydrogens is 392 g/mol. The van der Waals surface area contributed by atoms with Crippen LogP contribution in [0, 0.1) is 0 Å². The van der Waals surface area contributed by atoms with Crippen molar-refractivity contribution in [3.8, 4) is 5.75 Å². The number of amides is 1. The molecule has 0 bridgehead atoms. The lowest BCUT2D eigenvalue weighted by Gasteiger charge is -2.35. The van der Waals surface area contributed by atoms with E-state index in [9.17, 15) is 4.79 Å². The first-order chi connectivity index (χ1) is 15.3. The molecule has 4 rings (SSSR count). The van der Waals surface area contributed by atoms with Crippen molar-refractivity contribution >= 4 is 11.7 Å². The standard InChI is InChI=1S/C24H32N4O3/c1-30-22-10-4-3-8-19(22)21(27-12-5-2-6-13-27)18-26-24(29)20-9-7-11-25-23(20)28-14-16-31-17-15-28/h3-4,7-11,21H,2,5-6,12-18H2,1H3,(H,26,29). The Morgan fingerprint density at radius 3 is 2.65 bits per heavy atom. The maximum atomic E-state index is 13.2. The quantitative estimate of drug-likeness (QED) is 0.737. The highest BCUT2D eigenvalue weighted by Gasteiger charge is 2.26. The molecule has 0 aliphatic carbocycles. The second-order valence-corrected chi connectivity index (χ2v) is 8.04. The van der Waals surface area contributed by atoms with Gasteiger partial charge >= 0.3 is 0 Å². The van der Waals surface area contributed by atoms with Gasteiger partial charge in [0.2, 0.25) is 0 Å². The smallest absolute Gasteiger partial charge is 0.255 e. The molecule has 1 atom stereocenters. The summed E-state index contributed by atoms with van der Waals surface area (Å²) in [6.45, 7) is 5.39. The van der Waals surface area contributed by atoms with Gasteiger partial charge < -0.3 is 19.7 Å². The van der Waals surface area contributed by atoms with Gasteiger partial charge in [0.05, 0.1) is 31.9 Å². The summed E-state index contributed by atoms with van der Waals surface area (Å²) in [4.78, 5) is 22.3. The molecule has 2 fully saturated rings. The molecule has 0 radical (unpaired) electrons. The number of benzene rings is 1. The van der Waals surface area contributed by atoms with Gasteiger partial charge in [0.1, 0.15) is 11.6 Å². The van der Waals surface area contributed by atoms with Crippen molar-refractivity contribution in [3.63, 3.8) is 0 Å². The summed E-state index contributed by atoms with van der Waals surface area (Å²) in [6.07, 6.45) is 5.37. The van der Waals surface area contributed by atoms with E-state index in [4.69, 9.17) is 9.47 Å². The number of likely N-dealkylation sites (tertiary alicyclic amines) is 1. The molecule has 3 heterocycles. The van der Waals surface area contributed by atoms with Crippen molar-refractivity contribution in [2.24, 2.45) is 0 Å². The number of carbonyl (C=O) groups excluding carboxylic acids is 1. The minimum absolute atomic E-state index is 0.0731. The zero-order valence-electron chi connectivity index (χ0n) is 18.3. The number of nitrogens with one attached hydrogen (secondary N) is 1. The number of nitrogens with zero attached hydrogens (tertiary/aromatic N) is 3. The first-order valence-corrected chi connectivity index (χ1v) is 11.2. The van der Waals surface area contributed by atoms with Crippen molar-refractivity contribution < 1.29 is 14.3 Å². The van der Waals surface area contributed by atoms with E-state index in [1.54, 1.807) is 13.3 Å². The molecule has 2 aromatic rings. The van der Waals surface area contributed by atoms with Gasteiger partial charge in [-0.2, -0.15) is 0 Å². The minimum atomic E-state index is -0.0912. The van der Waals surface area contributed by atoms with Gasteiger partial charge in [-0.1, -0.05) is 24.6 Å². The van der Waals surface area contributed by atoms with E-state index in [0.717, 1.165) is 43.3 Å². The van der Waals surface area contributed by atoms with E-state index in [0.29, 0.717) is 25.3 Å². The molecule has 2 aliphatic rings. The number of morpholine rings is 1. The maximum Gasteiger partial charge on any atom is 0.255 e. The molecule has 0 saturated carbocycles. The van der Waals surface area contributed by atoms with E-state index in [1.807, 2.05) is 30.3 Å². The zero-order chi connectivity index (χ0) is 21.5. The largest absolute Gasteiger partial charge is 0.496 e. The maximum absolute atomic E-state index is 13.2. The van der Waals surface area contributed by atoms with Crippen LogP contribution in [0.2, 0.25) is 0 Å². The third-order valence-electron chi connectivity index (χ3n) is 6.13. The Kier molecular flexibility index (Phi) is 7.38. The molecule has 2 aliphatic heterocycles. The fourth-order valence-corrected chi connectivity index (χ4v) is 4.49. The van der Waals surface area contributed by atoms with Crippen LogP contribution in [0.5, 0.6) is 5.75 Å². The molecule has 7 nitrogen and oxygen atoms in total. The monoisotopic (exact) mass is 424 g/mol. The Labute approximate surface area is 184 Å². The van der Waals surface area contributed by atoms with Crippen LogP contribution in [0.25, 0.3) is 0 Å². The number of anilines is 1. The minimum Gasteiger partial charge on any atom is -0.496 e. The number of para-hydroxylation sites is 1. The van der Waals surface area contributed by atoms with Crippen molar-refractivity contribution in [1.82, 2.24) is 15.2 Å². The Morgan fingerprint density at radius 1 is 1.10 bits per heavy atom. The first kappa shape index (κ1) is 21.6. The lowest BCUT2D eigenvalue weighted by molar-refractivity contribution is 0.0921. The van der Waals surface area contributed by atoms with Crippen LogP contribution in [0.1, 0.15) is 41.2 Å². The summed E-state index contributed by atoms with van der Waals surface area (Å²) in [6, 6.07) is 11.9. The fourth-order valence-electron chi connectivity index (χ4n) is 4.49. The topological polar surface area (TPSA) is 66.9 Å². The number of carbonyl (C=O) groups is 1. The molecule has 1 aromatic heterocycles. The number of ether oxygens (including phenoxy) is 2. The van der Waals surface area contributed by atoms with E-state index in [2.05, 4.69) is 26.2 Å². The molecule has 1 aromatic carbocycles. The third kappa shape index (κ3) is 5.17. The molecule has 31 heavy (non-hydrogen) atoms. The number of hydrogen-bond acceptors (Lipinski definition) is 6. The average molecular weight is 425 g/mol. The number of rotatable bonds is 7. The van der Waals surface area contributed by atoms with Crippen LogP contribution >= 0.6 is 0 Å².